The van der Waals surface area contributed by atoms with Crippen LogP contribution in [0.5, 0.6) is 0 Å². The van der Waals surface area contributed by atoms with Crippen LogP contribution in [0.1, 0.15) is 45.4 Å². The number of hydrogen-bond acceptors (Lipinski definition) is 3. The summed E-state index contributed by atoms with van der Waals surface area (Å²) in [6, 6.07) is 4.29. The Kier molecular flexibility index (Phi) is 3.59. The molecule has 0 radical (unpaired) electrons. The Morgan fingerprint density at radius 1 is 1.47 bits per heavy atom. The molecule has 1 aliphatic heterocycles. The molecule has 0 spiro atoms. The summed E-state index contributed by atoms with van der Waals surface area (Å²) in [7, 11) is 0. The second-order valence-corrected chi connectivity index (χ2v) is 6.06. The molecule has 3 heteroatoms. The summed E-state index contributed by atoms with van der Waals surface area (Å²) in [5.41, 5.74) is 6.53. The van der Waals surface area contributed by atoms with Crippen molar-refractivity contribution in [3.63, 3.8) is 0 Å². The number of rotatable bonds is 3. The van der Waals surface area contributed by atoms with Gasteiger partial charge in [0.05, 0.1) is 12.3 Å². The van der Waals surface area contributed by atoms with Crippen molar-refractivity contribution in [1.82, 2.24) is 4.90 Å². The first-order chi connectivity index (χ1) is 7.99. The van der Waals surface area contributed by atoms with Gasteiger partial charge in [-0.15, -0.1) is 0 Å². The predicted octanol–water partition coefficient (Wildman–Crippen LogP) is 2.79. The van der Waals surface area contributed by atoms with Crippen LogP contribution in [-0.4, -0.2) is 24.0 Å². The SMILES string of the molecule is CC(N)C(c1ccco1)N1CCCC(C)(C)C1. The highest BCUT2D eigenvalue weighted by Crippen LogP contribution is 2.34. The molecule has 0 saturated carbocycles. The van der Waals surface area contributed by atoms with Crippen LogP contribution < -0.4 is 5.73 Å². The minimum Gasteiger partial charge on any atom is -0.468 e. The highest BCUT2D eigenvalue weighted by molar-refractivity contribution is 5.08. The van der Waals surface area contributed by atoms with E-state index in [0.717, 1.165) is 18.8 Å². The van der Waals surface area contributed by atoms with Gasteiger partial charge in [-0.2, -0.15) is 0 Å². The normalized spacial score (nSPS) is 24.5. The molecule has 0 bridgehead atoms. The molecule has 0 aliphatic carbocycles. The van der Waals surface area contributed by atoms with E-state index < -0.39 is 0 Å². The van der Waals surface area contributed by atoms with Crippen LogP contribution in [0.4, 0.5) is 0 Å². The van der Waals surface area contributed by atoms with E-state index in [1.165, 1.54) is 12.8 Å². The molecular formula is C14H24N2O. The third-order valence-electron chi connectivity index (χ3n) is 3.66. The summed E-state index contributed by atoms with van der Waals surface area (Å²) in [5, 5.41) is 0. The van der Waals surface area contributed by atoms with Gasteiger partial charge in [0.1, 0.15) is 5.76 Å². The van der Waals surface area contributed by atoms with Gasteiger partial charge in [-0.25, -0.2) is 0 Å². The first-order valence-electron chi connectivity index (χ1n) is 6.53. The predicted molar refractivity (Wildman–Crippen MR) is 69.7 cm³/mol. The van der Waals surface area contributed by atoms with Crippen LogP contribution in [-0.2, 0) is 0 Å². The van der Waals surface area contributed by atoms with Gasteiger partial charge in [0.25, 0.3) is 0 Å². The standard InChI is InChI=1S/C14H24N2O/c1-11(15)13(12-6-4-9-17-12)16-8-5-7-14(2,3)10-16/h4,6,9,11,13H,5,7-8,10,15H2,1-3H3. The van der Waals surface area contributed by atoms with Crippen LogP contribution in [0.15, 0.2) is 22.8 Å². The molecule has 1 aromatic rings. The van der Waals surface area contributed by atoms with Crippen molar-refractivity contribution in [1.29, 1.82) is 0 Å². The molecule has 2 unspecified atom stereocenters. The van der Waals surface area contributed by atoms with E-state index in [-0.39, 0.29) is 12.1 Å². The molecule has 2 rings (SSSR count). The zero-order valence-electron chi connectivity index (χ0n) is 11.1. The Hall–Kier alpha value is -0.800. The number of likely N-dealkylation sites (tertiary alicyclic amines) is 1. The second-order valence-electron chi connectivity index (χ2n) is 6.06. The van der Waals surface area contributed by atoms with Gasteiger partial charge >= 0.3 is 0 Å². The Morgan fingerprint density at radius 2 is 2.24 bits per heavy atom. The van der Waals surface area contributed by atoms with Gasteiger partial charge in [-0.3, -0.25) is 4.90 Å². The fraction of sp³-hybridized carbons (Fsp3) is 0.714. The molecule has 1 fully saturated rings. The minimum absolute atomic E-state index is 0.0926. The van der Waals surface area contributed by atoms with E-state index in [0.29, 0.717) is 5.41 Å². The van der Waals surface area contributed by atoms with Gasteiger partial charge in [0, 0.05) is 12.6 Å². The number of piperidine rings is 1. The van der Waals surface area contributed by atoms with E-state index in [1.54, 1.807) is 6.26 Å². The fourth-order valence-electron chi connectivity index (χ4n) is 2.94. The summed E-state index contributed by atoms with van der Waals surface area (Å²) in [6.45, 7) is 8.95. The summed E-state index contributed by atoms with van der Waals surface area (Å²) in [5.74, 6) is 0.998. The van der Waals surface area contributed by atoms with Crippen LogP contribution in [0.2, 0.25) is 0 Å². The second kappa shape index (κ2) is 4.83. The molecule has 3 nitrogen and oxygen atoms in total. The lowest BCUT2D eigenvalue weighted by Gasteiger charge is -2.42. The van der Waals surface area contributed by atoms with Crippen molar-refractivity contribution in [2.75, 3.05) is 13.1 Å². The lowest BCUT2D eigenvalue weighted by Crippen LogP contribution is -2.47. The zero-order chi connectivity index (χ0) is 12.5. The Bertz CT molecular complexity index is 343. The summed E-state index contributed by atoms with van der Waals surface area (Å²) >= 11 is 0. The molecular weight excluding hydrogens is 212 g/mol. The van der Waals surface area contributed by atoms with Crippen LogP contribution in [0, 0.1) is 5.41 Å². The van der Waals surface area contributed by atoms with Gasteiger partial charge < -0.3 is 10.2 Å². The number of nitrogens with zero attached hydrogens (tertiary/aromatic N) is 1. The number of hydrogen-bond donors (Lipinski definition) is 1. The molecule has 2 atom stereocenters. The Balaban J connectivity index is 2.17. The van der Waals surface area contributed by atoms with E-state index in [2.05, 4.69) is 25.7 Å². The lowest BCUT2D eigenvalue weighted by molar-refractivity contribution is 0.0594. The summed E-state index contributed by atoms with van der Waals surface area (Å²) < 4.78 is 5.56. The monoisotopic (exact) mass is 236 g/mol. The van der Waals surface area contributed by atoms with E-state index >= 15 is 0 Å². The van der Waals surface area contributed by atoms with E-state index in [1.807, 2.05) is 12.1 Å². The lowest BCUT2D eigenvalue weighted by atomic mass is 9.83. The molecule has 2 N–H and O–H groups in total. The average molecular weight is 236 g/mol. The first-order valence-corrected chi connectivity index (χ1v) is 6.53. The van der Waals surface area contributed by atoms with Crippen molar-refractivity contribution in [3.05, 3.63) is 24.2 Å². The largest absolute Gasteiger partial charge is 0.468 e. The molecule has 96 valence electrons. The highest BCUT2D eigenvalue weighted by atomic mass is 16.3. The fourth-order valence-corrected chi connectivity index (χ4v) is 2.94. The molecule has 1 saturated heterocycles. The van der Waals surface area contributed by atoms with Crippen molar-refractivity contribution in [2.45, 2.75) is 45.7 Å². The van der Waals surface area contributed by atoms with Crippen molar-refractivity contribution >= 4 is 0 Å². The first kappa shape index (κ1) is 12.7. The highest BCUT2D eigenvalue weighted by Gasteiger charge is 2.33. The molecule has 0 aromatic carbocycles. The van der Waals surface area contributed by atoms with Crippen LogP contribution >= 0.6 is 0 Å². The molecule has 2 heterocycles. The Labute approximate surface area is 104 Å². The maximum absolute atomic E-state index is 6.15. The third-order valence-corrected chi connectivity index (χ3v) is 3.66. The molecule has 1 aliphatic rings. The van der Waals surface area contributed by atoms with Gasteiger partial charge in [-0.1, -0.05) is 13.8 Å². The smallest absolute Gasteiger partial charge is 0.122 e. The molecule has 17 heavy (non-hydrogen) atoms. The zero-order valence-corrected chi connectivity index (χ0v) is 11.1. The quantitative estimate of drug-likeness (QED) is 0.877. The summed E-state index contributed by atoms with van der Waals surface area (Å²) in [4.78, 5) is 2.48. The van der Waals surface area contributed by atoms with Gasteiger partial charge in [0.15, 0.2) is 0 Å². The maximum atomic E-state index is 6.15. The molecule has 0 amide bonds. The van der Waals surface area contributed by atoms with Gasteiger partial charge in [-0.05, 0) is 43.9 Å². The van der Waals surface area contributed by atoms with Crippen molar-refractivity contribution < 1.29 is 4.42 Å². The summed E-state index contributed by atoms with van der Waals surface area (Å²) in [6.07, 6.45) is 4.28. The van der Waals surface area contributed by atoms with Crippen LogP contribution in [0.25, 0.3) is 0 Å². The Morgan fingerprint density at radius 3 is 2.76 bits per heavy atom. The van der Waals surface area contributed by atoms with Gasteiger partial charge in [0.2, 0.25) is 0 Å². The average Bonchev–Trinajstić information content (AvgIpc) is 2.69. The van der Waals surface area contributed by atoms with E-state index in [9.17, 15) is 0 Å². The van der Waals surface area contributed by atoms with Crippen LogP contribution in [0.3, 0.4) is 0 Å². The minimum atomic E-state index is 0.0926. The maximum Gasteiger partial charge on any atom is 0.122 e. The van der Waals surface area contributed by atoms with Crippen molar-refractivity contribution in [2.24, 2.45) is 11.1 Å². The molecule has 1 aromatic heterocycles. The van der Waals surface area contributed by atoms with E-state index in [4.69, 9.17) is 10.2 Å². The van der Waals surface area contributed by atoms with Crippen molar-refractivity contribution in [3.8, 4) is 0 Å². The third kappa shape index (κ3) is 2.90. The number of furan rings is 1. The topological polar surface area (TPSA) is 42.4 Å². The number of nitrogens with two attached hydrogens (primary N) is 1.